The molecule has 2 N–H and O–H groups in total. The van der Waals surface area contributed by atoms with E-state index in [1.807, 2.05) is 30.3 Å². The summed E-state index contributed by atoms with van der Waals surface area (Å²) in [6, 6.07) is 19.5. The lowest BCUT2D eigenvalue weighted by molar-refractivity contribution is 0.102. The molecule has 4 rings (SSSR count). The third-order valence-corrected chi connectivity index (χ3v) is 8.99. The number of carbonyl (C=O) groups is 1. The van der Waals surface area contributed by atoms with Crippen LogP contribution in [0.5, 0.6) is 0 Å². The van der Waals surface area contributed by atoms with Crippen LogP contribution in [0.3, 0.4) is 0 Å². The molecule has 0 fully saturated rings. The van der Waals surface area contributed by atoms with Crippen LogP contribution in [-0.2, 0) is 14.8 Å². The number of aromatic amines is 1. The highest BCUT2D eigenvalue weighted by Gasteiger charge is 2.27. The Bertz CT molecular complexity index is 1460. The van der Waals surface area contributed by atoms with Crippen molar-refractivity contribution in [3.8, 4) is 11.3 Å². The number of ether oxygens (including phenoxy) is 1. The van der Waals surface area contributed by atoms with E-state index in [0.29, 0.717) is 18.0 Å². The Labute approximate surface area is 223 Å². The van der Waals surface area contributed by atoms with Crippen molar-refractivity contribution in [2.24, 2.45) is 0 Å². The van der Waals surface area contributed by atoms with Crippen molar-refractivity contribution in [1.82, 2.24) is 20.2 Å². The molecule has 38 heavy (non-hydrogen) atoms. The van der Waals surface area contributed by atoms with Gasteiger partial charge >= 0.3 is 0 Å². The van der Waals surface area contributed by atoms with Crippen LogP contribution in [-0.4, -0.2) is 55.9 Å². The predicted molar refractivity (Wildman–Crippen MR) is 149 cm³/mol. The second-order valence-electron chi connectivity index (χ2n) is 9.76. The van der Waals surface area contributed by atoms with Crippen LogP contribution in [0.15, 0.2) is 84.0 Å². The second kappa shape index (κ2) is 11.7. The van der Waals surface area contributed by atoms with E-state index < -0.39 is 24.0 Å². The van der Waals surface area contributed by atoms with E-state index in [-0.39, 0.29) is 23.3 Å². The van der Waals surface area contributed by atoms with Crippen LogP contribution in [0.1, 0.15) is 10.5 Å². The fraction of sp³-hybridized carbons (Fsp3) is 0.231. The fourth-order valence-electron chi connectivity index (χ4n) is 3.41. The number of nitrogens with zero attached hydrogens (tertiary/aromatic N) is 4. The number of aromatic nitrogens is 4. The lowest BCUT2D eigenvalue weighted by Gasteiger charge is -2.23. The van der Waals surface area contributed by atoms with Gasteiger partial charge in [-0.2, -0.15) is 5.10 Å². The zero-order valence-electron chi connectivity index (χ0n) is 21.5. The van der Waals surface area contributed by atoms with E-state index in [1.165, 1.54) is 36.7 Å². The molecule has 12 heteroatoms. The Hall–Kier alpha value is -3.87. The van der Waals surface area contributed by atoms with Crippen molar-refractivity contribution in [2.75, 3.05) is 23.0 Å². The topological polar surface area (TPSA) is 130 Å². The number of anilines is 2. The summed E-state index contributed by atoms with van der Waals surface area (Å²) < 4.78 is 33.8. The quantitative estimate of drug-likeness (QED) is 0.158. The van der Waals surface area contributed by atoms with Gasteiger partial charge in [0.05, 0.1) is 10.6 Å². The van der Waals surface area contributed by atoms with Crippen LogP contribution in [0.25, 0.3) is 11.3 Å². The average Bonchev–Trinajstić information content (AvgIpc) is 3.40. The van der Waals surface area contributed by atoms with Crippen LogP contribution in [0.2, 0.25) is 25.7 Å². The van der Waals surface area contributed by atoms with Gasteiger partial charge in [0.1, 0.15) is 12.4 Å². The monoisotopic (exact) mass is 550 g/mol. The van der Waals surface area contributed by atoms with Crippen molar-refractivity contribution in [1.29, 1.82) is 0 Å². The average molecular weight is 551 g/mol. The van der Waals surface area contributed by atoms with Crippen molar-refractivity contribution in [2.45, 2.75) is 30.6 Å². The SMILES string of the molecule is C[Si](C)(C)CCOCN(c1ncccn1)S(=O)(=O)c1ccc(NC(=O)c2cc(-c3ccccc3)n[nH]2)cc1. The van der Waals surface area contributed by atoms with Crippen molar-refractivity contribution in [3.63, 3.8) is 0 Å². The molecule has 0 spiro atoms. The summed E-state index contributed by atoms with van der Waals surface area (Å²) in [5.74, 6) is -0.378. The van der Waals surface area contributed by atoms with Gasteiger partial charge < -0.3 is 10.1 Å². The van der Waals surface area contributed by atoms with Gasteiger partial charge in [-0.15, -0.1) is 0 Å². The molecule has 0 radical (unpaired) electrons. The highest BCUT2D eigenvalue weighted by molar-refractivity contribution is 7.92. The molecule has 0 unspecified atom stereocenters. The zero-order chi connectivity index (χ0) is 27.2. The number of hydrogen-bond donors (Lipinski definition) is 2. The minimum atomic E-state index is -4.03. The van der Waals surface area contributed by atoms with Crippen LogP contribution in [0.4, 0.5) is 11.6 Å². The van der Waals surface area contributed by atoms with Crippen molar-refractivity contribution < 1.29 is 17.9 Å². The molecule has 0 atom stereocenters. The van der Waals surface area contributed by atoms with Crippen molar-refractivity contribution in [3.05, 3.63) is 84.8 Å². The number of amides is 1. The molecule has 2 aromatic heterocycles. The predicted octanol–water partition coefficient (Wildman–Crippen LogP) is 4.63. The van der Waals surface area contributed by atoms with Crippen molar-refractivity contribution >= 4 is 35.6 Å². The summed E-state index contributed by atoms with van der Waals surface area (Å²) in [4.78, 5) is 21.0. The number of rotatable bonds is 11. The maximum Gasteiger partial charge on any atom is 0.273 e. The van der Waals surface area contributed by atoms with Gasteiger partial charge in [-0.05, 0) is 42.4 Å². The molecular weight excluding hydrogens is 520 g/mol. The minimum Gasteiger partial charge on any atom is -0.360 e. The molecule has 0 aliphatic heterocycles. The number of carbonyl (C=O) groups excluding carboxylic acids is 1. The summed E-state index contributed by atoms with van der Waals surface area (Å²) in [7, 11) is -5.37. The molecule has 2 heterocycles. The Morgan fingerprint density at radius 2 is 1.68 bits per heavy atom. The summed E-state index contributed by atoms with van der Waals surface area (Å²) in [6.45, 7) is 6.90. The molecule has 0 saturated heterocycles. The van der Waals surface area contributed by atoms with Gasteiger partial charge in [-0.3, -0.25) is 9.89 Å². The van der Waals surface area contributed by atoms with Gasteiger partial charge in [-0.25, -0.2) is 22.7 Å². The molecule has 198 valence electrons. The zero-order valence-corrected chi connectivity index (χ0v) is 23.3. The number of sulfonamides is 1. The summed E-state index contributed by atoms with van der Waals surface area (Å²) in [5, 5.41) is 9.69. The van der Waals surface area contributed by atoms with Gasteiger partial charge in [0.2, 0.25) is 5.95 Å². The number of H-pyrrole nitrogens is 1. The molecule has 1 amide bonds. The van der Waals surface area contributed by atoms with E-state index in [9.17, 15) is 13.2 Å². The molecule has 2 aromatic carbocycles. The van der Waals surface area contributed by atoms with Gasteiger partial charge in [0.25, 0.3) is 15.9 Å². The van der Waals surface area contributed by atoms with E-state index in [4.69, 9.17) is 4.74 Å². The Morgan fingerprint density at radius 3 is 2.34 bits per heavy atom. The number of benzene rings is 2. The van der Waals surface area contributed by atoms with E-state index in [0.717, 1.165) is 15.9 Å². The number of nitrogens with one attached hydrogen (secondary N) is 2. The van der Waals surface area contributed by atoms with Crippen LogP contribution < -0.4 is 9.62 Å². The van der Waals surface area contributed by atoms with Gasteiger partial charge in [-0.1, -0.05) is 50.0 Å². The Kier molecular flexibility index (Phi) is 8.34. The first kappa shape index (κ1) is 27.2. The van der Waals surface area contributed by atoms with Crippen LogP contribution >= 0.6 is 0 Å². The molecule has 0 saturated carbocycles. The lowest BCUT2D eigenvalue weighted by atomic mass is 10.1. The Morgan fingerprint density at radius 1 is 1.00 bits per heavy atom. The highest BCUT2D eigenvalue weighted by atomic mass is 32.2. The normalized spacial score (nSPS) is 11.8. The molecule has 0 aliphatic carbocycles. The molecule has 0 bridgehead atoms. The summed E-state index contributed by atoms with van der Waals surface area (Å²) in [5.41, 5.74) is 2.24. The first-order chi connectivity index (χ1) is 18.1. The maximum absolute atomic E-state index is 13.5. The highest BCUT2D eigenvalue weighted by Crippen LogP contribution is 2.23. The summed E-state index contributed by atoms with van der Waals surface area (Å²) >= 11 is 0. The molecule has 10 nitrogen and oxygen atoms in total. The third-order valence-electron chi connectivity index (χ3n) is 5.57. The largest absolute Gasteiger partial charge is 0.360 e. The molecule has 0 aliphatic rings. The third kappa shape index (κ3) is 6.91. The fourth-order valence-corrected chi connectivity index (χ4v) is 5.42. The summed E-state index contributed by atoms with van der Waals surface area (Å²) in [6.07, 6.45) is 2.95. The van der Waals surface area contributed by atoms with E-state index in [1.54, 1.807) is 12.1 Å². The van der Waals surface area contributed by atoms with E-state index >= 15 is 0 Å². The van der Waals surface area contributed by atoms with Gasteiger partial charge in [0.15, 0.2) is 0 Å². The van der Waals surface area contributed by atoms with Crippen LogP contribution in [0, 0.1) is 0 Å². The number of hydrogen-bond acceptors (Lipinski definition) is 7. The maximum atomic E-state index is 13.5. The second-order valence-corrected chi connectivity index (χ2v) is 17.2. The smallest absolute Gasteiger partial charge is 0.273 e. The molecular formula is C26H30N6O4SSi. The van der Waals surface area contributed by atoms with Gasteiger partial charge in [0, 0.05) is 38.3 Å². The first-order valence-electron chi connectivity index (χ1n) is 12.0. The molecule has 4 aromatic rings. The standard InChI is InChI=1S/C26H30N6O4SSi/c1-38(2,3)17-16-36-19-32(26-27-14-7-15-28-26)37(34,35)22-12-10-21(11-13-22)29-25(33)24-18-23(30-31-24)20-8-5-4-6-9-20/h4-15,18H,16-17,19H2,1-3H3,(H,29,33)(H,30,31). The lowest BCUT2D eigenvalue weighted by Crippen LogP contribution is -2.35. The minimum absolute atomic E-state index is 0.0182. The van der Waals surface area contributed by atoms with E-state index in [2.05, 4.69) is 45.1 Å². The Balaban J connectivity index is 1.47. The first-order valence-corrected chi connectivity index (χ1v) is 17.2.